The lowest BCUT2D eigenvalue weighted by Gasteiger charge is -2.01. The van der Waals surface area contributed by atoms with Gasteiger partial charge in [0, 0.05) is 22.0 Å². The largest absolute Gasteiger partial charge is 0.497 e. The molecule has 0 N–H and O–H groups in total. The molecule has 0 saturated carbocycles. The van der Waals surface area contributed by atoms with E-state index in [4.69, 9.17) is 20.8 Å². The van der Waals surface area contributed by atoms with Crippen LogP contribution in [0.25, 0.3) is 22.1 Å². The van der Waals surface area contributed by atoms with Crippen molar-refractivity contribution in [2.45, 2.75) is 0 Å². The topological polar surface area (TPSA) is 39.4 Å². The van der Waals surface area contributed by atoms with Crippen LogP contribution in [-0.4, -0.2) is 13.4 Å². The Balaban J connectivity index is 2.27. The monoisotopic (exact) mass is 286 g/mol. The van der Waals surface area contributed by atoms with Gasteiger partial charge in [0.05, 0.1) is 7.11 Å². The number of methoxy groups -OCH3 is 1. The highest BCUT2D eigenvalue weighted by molar-refractivity contribution is 6.30. The van der Waals surface area contributed by atoms with E-state index in [0.717, 1.165) is 22.8 Å². The zero-order valence-electron chi connectivity index (χ0n) is 10.7. The van der Waals surface area contributed by atoms with E-state index in [1.165, 1.54) is 0 Å². The van der Waals surface area contributed by atoms with E-state index in [2.05, 4.69) is 0 Å². The normalized spacial score (nSPS) is 10.7. The summed E-state index contributed by atoms with van der Waals surface area (Å²) in [6, 6.07) is 12.8. The first-order valence-electron chi connectivity index (χ1n) is 6.04. The summed E-state index contributed by atoms with van der Waals surface area (Å²) >= 11 is 5.90. The highest BCUT2D eigenvalue weighted by atomic mass is 35.5. The highest BCUT2D eigenvalue weighted by Crippen LogP contribution is 2.36. The van der Waals surface area contributed by atoms with Crippen molar-refractivity contribution in [1.82, 2.24) is 0 Å². The van der Waals surface area contributed by atoms with Crippen LogP contribution in [0.1, 0.15) is 10.6 Å². The third kappa shape index (κ3) is 2.06. The number of furan rings is 1. The lowest BCUT2D eigenvalue weighted by atomic mass is 10.0. The van der Waals surface area contributed by atoms with Crippen LogP contribution in [0.15, 0.2) is 46.9 Å². The van der Waals surface area contributed by atoms with Crippen molar-refractivity contribution in [1.29, 1.82) is 0 Å². The van der Waals surface area contributed by atoms with Gasteiger partial charge in [0.15, 0.2) is 12.0 Å². The lowest BCUT2D eigenvalue weighted by Crippen LogP contribution is -1.83. The van der Waals surface area contributed by atoms with Gasteiger partial charge in [0.2, 0.25) is 0 Å². The Morgan fingerprint density at radius 3 is 2.55 bits per heavy atom. The third-order valence-electron chi connectivity index (χ3n) is 3.16. The maximum absolute atomic E-state index is 11.2. The zero-order valence-corrected chi connectivity index (χ0v) is 11.5. The molecule has 3 rings (SSSR count). The fraction of sp³-hybridized carbons (Fsp3) is 0.0625. The van der Waals surface area contributed by atoms with Crippen LogP contribution in [-0.2, 0) is 0 Å². The molecule has 100 valence electrons. The summed E-state index contributed by atoms with van der Waals surface area (Å²) < 4.78 is 10.8. The van der Waals surface area contributed by atoms with Gasteiger partial charge in [-0.2, -0.15) is 0 Å². The van der Waals surface area contributed by atoms with Crippen molar-refractivity contribution in [2.24, 2.45) is 0 Å². The van der Waals surface area contributed by atoms with Gasteiger partial charge >= 0.3 is 0 Å². The van der Waals surface area contributed by atoms with Crippen molar-refractivity contribution in [3.63, 3.8) is 0 Å². The van der Waals surface area contributed by atoms with Crippen LogP contribution >= 0.6 is 11.6 Å². The Hall–Kier alpha value is -2.26. The number of aldehydes is 1. The van der Waals surface area contributed by atoms with Crippen molar-refractivity contribution >= 4 is 28.9 Å². The summed E-state index contributed by atoms with van der Waals surface area (Å²) in [5.41, 5.74) is 2.28. The number of hydrogen-bond donors (Lipinski definition) is 0. The van der Waals surface area contributed by atoms with Gasteiger partial charge in [0.25, 0.3) is 0 Å². The quantitative estimate of drug-likeness (QED) is 0.662. The second-order valence-electron chi connectivity index (χ2n) is 4.33. The fourth-order valence-electron chi connectivity index (χ4n) is 2.22. The molecule has 0 saturated heterocycles. The number of rotatable bonds is 3. The molecule has 0 aliphatic rings. The molecule has 0 atom stereocenters. The molecule has 1 heterocycles. The molecule has 3 aromatic rings. The van der Waals surface area contributed by atoms with Crippen molar-refractivity contribution in [3.8, 4) is 16.9 Å². The average Bonchev–Trinajstić information content (AvgIpc) is 2.85. The van der Waals surface area contributed by atoms with E-state index in [1.54, 1.807) is 25.3 Å². The maximum atomic E-state index is 11.2. The minimum absolute atomic E-state index is 0.301. The minimum Gasteiger partial charge on any atom is -0.497 e. The number of hydrogen-bond acceptors (Lipinski definition) is 3. The molecular formula is C16H11ClO3. The van der Waals surface area contributed by atoms with E-state index < -0.39 is 0 Å². The van der Waals surface area contributed by atoms with Crippen LogP contribution < -0.4 is 4.74 Å². The van der Waals surface area contributed by atoms with Crippen molar-refractivity contribution < 1.29 is 13.9 Å². The minimum atomic E-state index is 0.301. The molecule has 0 aliphatic heterocycles. The summed E-state index contributed by atoms with van der Waals surface area (Å²) in [6.45, 7) is 0. The van der Waals surface area contributed by atoms with E-state index in [0.29, 0.717) is 22.1 Å². The van der Waals surface area contributed by atoms with Gasteiger partial charge in [-0.05, 0) is 29.8 Å². The maximum Gasteiger partial charge on any atom is 0.186 e. The molecule has 0 unspecified atom stereocenters. The number of carbonyl (C=O) groups is 1. The third-order valence-corrected chi connectivity index (χ3v) is 3.42. The van der Waals surface area contributed by atoms with Gasteiger partial charge in [-0.25, -0.2) is 0 Å². The second kappa shape index (κ2) is 5.02. The molecule has 0 aliphatic carbocycles. The Labute approximate surface area is 120 Å². The van der Waals surface area contributed by atoms with Crippen LogP contribution in [0, 0.1) is 0 Å². The molecule has 0 spiro atoms. The Bertz CT molecular complexity index is 772. The smallest absolute Gasteiger partial charge is 0.186 e. The number of carbonyl (C=O) groups excluding carboxylic acids is 1. The van der Waals surface area contributed by atoms with Crippen LogP contribution in [0.2, 0.25) is 5.02 Å². The SMILES string of the molecule is COc1ccc2c(-c3ccc(Cl)cc3)c(C=O)oc2c1. The number of halogens is 1. The molecular weight excluding hydrogens is 276 g/mol. The Kier molecular flexibility index (Phi) is 3.20. The summed E-state index contributed by atoms with van der Waals surface area (Å²) in [4.78, 5) is 11.2. The van der Waals surface area contributed by atoms with E-state index in [-0.39, 0.29) is 0 Å². The molecule has 2 aromatic carbocycles. The number of benzene rings is 2. The van der Waals surface area contributed by atoms with Gasteiger partial charge in [-0.15, -0.1) is 0 Å². The second-order valence-corrected chi connectivity index (χ2v) is 4.76. The predicted molar refractivity (Wildman–Crippen MR) is 78.6 cm³/mol. The molecule has 20 heavy (non-hydrogen) atoms. The Morgan fingerprint density at radius 1 is 1.15 bits per heavy atom. The first-order valence-corrected chi connectivity index (χ1v) is 6.42. The first-order chi connectivity index (χ1) is 9.72. The Morgan fingerprint density at radius 2 is 1.90 bits per heavy atom. The molecule has 3 nitrogen and oxygen atoms in total. The van der Waals surface area contributed by atoms with E-state index in [1.807, 2.05) is 24.3 Å². The average molecular weight is 287 g/mol. The fourth-order valence-corrected chi connectivity index (χ4v) is 2.35. The highest BCUT2D eigenvalue weighted by Gasteiger charge is 2.16. The van der Waals surface area contributed by atoms with Gasteiger partial charge in [0.1, 0.15) is 11.3 Å². The molecule has 0 radical (unpaired) electrons. The van der Waals surface area contributed by atoms with E-state index >= 15 is 0 Å². The molecule has 0 fully saturated rings. The summed E-state index contributed by atoms with van der Waals surface area (Å²) in [6.07, 6.45) is 0.719. The van der Waals surface area contributed by atoms with E-state index in [9.17, 15) is 4.79 Å². The number of ether oxygens (including phenoxy) is 1. The summed E-state index contributed by atoms with van der Waals surface area (Å²) in [5.74, 6) is 0.988. The molecule has 0 bridgehead atoms. The standard InChI is InChI=1S/C16H11ClO3/c1-19-12-6-7-13-14(8-12)20-15(9-18)16(13)10-2-4-11(17)5-3-10/h2-9H,1H3. The molecule has 0 amide bonds. The first kappa shape index (κ1) is 12.8. The predicted octanol–water partition coefficient (Wildman–Crippen LogP) is 4.57. The van der Waals surface area contributed by atoms with Gasteiger partial charge < -0.3 is 9.15 Å². The number of fused-ring (bicyclic) bond motifs is 1. The van der Waals surface area contributed by atoms with Gasteiger partial charge in [-0.3, -0.25) is 4.79 Å². The zero-order chi connectivity index (χ0) is 14.1. The van der Waals surface area contributed by atoms with Crippen LogP contribution in [0.3, 0.4) is 0 Å². The van der Waals surface area contributed by atoms with Crippen molar-refractivity contribution in [3.05, 3.63) is 53.2 Å². The molecule has 1 aromatic heterocycles. The van der Waals surface area contributed by atoms with Gasteiger partial charge in [-0.1, -0.05) is 23.7 Å². The van der Waals surface area contributed by atoms with Crippen LogP contribution in [0.5, 0.6) is 5.75 Å². The van der Waals surface area contributed by atoms with Crippen LogP contribution in [0.4, 0.5) is 0 Å². The van der Waals surface area contributed by atoms with Crippen molar-refractivity contribution in [2.75, 3.05) is 7.11 Å². The lowest BCUT2D eigenvalue weighted by molar-refractivity contribution is 0.110. The summed E-state index contributed by atoms with van der Waals surface area (Å²) in [7, 11) is 1.59. The summed E-state index contributed by atoms with van der Waals surface area (Å²) in [5, 5.41) is 1.52. The molecule has 4 heteroatoms.